The number of phenols is 1. The summed E-state index contributed by atoms with van der Waals surface area (Å²) >= 11 is 0. The third-order valence-electron chi connectivity index (χ3n) is 9.68. The Balaban J connectivity index is 1.60. The van der Waals surface area contributed by atoms with E-state index < -0.39 is 34.8 Å². The van der Waals surface area contributed by atoms with Gasteiger partial charge in [0.05, 0.1) is 12.2 Å². The van der Waals surface area contributed by atoms with Crippen LogP contribution in [0.15, 0.2) is 47.8 Å². The number of aliphatic carboxylic acids is 1. The van der Waals surface area contributed by atoms with Gasteiger partial charge in [0.1, 0.15) is 22.7 Å². The van der Waals surface area contributed by atoms with Crippen LogP contribution in [0, 0.1) is 24.2 Å². The number of ether oxygens (including phenoxy) is 3. The molecule has 1 spiro atoms. The van der Waals surface area contributed by atoms with Crippen molar-refractivity contribution in [3.05, 3.63) is 58.9 Å². The predicted molar refractivity (Wildman–Crippen MR) is 148 cm³/mol. The number of rotatable bonds is 1. The van der Waals surface area contributed by atoms with Crippen LogP contribution < -0.4 is 4.74 Å². The normalized spacial score (nSPS) is 37.7. The molecular weight excluding hydrogens is 512 g/mol. The summed E-state index contributed by atoms with van der Waals surface area (Å²) in [6.07, 6.45) is 8.15. The number of carboxylic acids is 1. The van der Waals surface area contributed by atoms with Gasteiger partial charge >= 0.3 is 11.9 Å². The van der Waals surface area contributed by atoms with Crippen LogP contribution >= 0.6 is 0 Å². The Hall–Kier alpha value is -3.26. The molecule has 1 saturated heterocycles. The highest BCUT2D eigenvalue weighted by molar-refractivity contribution is 5.88. The molecule has 1 aromatic rings. The Morgan fingerprint density at radius 3 is 2.42 bits per heavy atom. The molecule has 5 rings (SSSR count). The van der Waals surface area contributed by atoms with Crippen molar-refractivity contribution in [1.29, 1.82) is 0 Å². The van der Waals surface area contributed by atoms with Crippen molar-refractivity contribution in [3.63, 3.8) is 0 Å². The van der Waals surface area contributed by atoms with Crippen LogP contribution in [0.25, 0.3) is 0 Å². The Kier molecular flexibility index (Phi) is 6.64. The molecule has 0 bridgehead atoms. The lowest BCUT2D eigenvalue weighted by atomic mass is 9.66. The smallest absolute Gasteiger partial charge is 0.332 e. The van der Waals surface area contributed by atoms with Gasteiger partial charge in [-0.15, -0.1) is 0 Å². The molecule has 3 aliphatic heterocycles. The number of aryl methyl sites for hydroxylation is 1. The van der Waals surface area contributed by atoms with E-state index in [1.807, 2.05) is 20.8 Å². The van der Waals surface area contributed by atoms with E-state index in [0.29, 0.717) is 24.2 Å². The number of allylic oxidation sites excluding steroid dienone is 1. The number of fused-ring (bicyclic) bond motifs is 3. The Labute approximate surface area is 235 Å². The number of carbonyl (C=O) groups excluding carboxylic acids is 1. The minimum atomic E-state index is -1.34. The van der Waals surface area contributed by atoms with Crippen molar-refractivity contribution in [2.45, 2.75) is 96.6 Å². The molecule has 0 amide bonds. The zero-order chi connectivity index (χ0) is 29.3. The fourth-order valence-electron chi connectivity index (χ4n) is 7.22. The van der Waals surface area contributed by atoms with Gasteiger partial charge in [-0.3, -0.25) is 0 Å². The number of phenolic OH excluding ortho intramolecular Hbond substituents is 1. The topological polar surface area (TPSA) is 123 Å². The summed E-state index contributed by atoms with van der Waals surface area (Å²) in [4.78, 5) is 24.2. The Morgan fingerprint density at radius 2 is 1.77 bits per heavy atom. The van der Waals surface area contributed by atoms with E-state index >= 15 is 0 Å². The standard InChI is InChI=1S/C32H40O8/c1-18-10-22(33)14-24-23(18)12-21-16-29(3,4)8-7-9-30(5)20(13-25(34)31(21,6)38-24)17-32(19(2)11-28(37)40-32)26(39-30)15-27(35)36/h7-8,10-11,14-15,20-21,25,33-34H,9,12-13,16-17H2,1-6H3,(H,35,36). The molecule has 216 valence electrons. The molecular formula is C32H40O8. The monoisotopic (exact) mass is 552 g/mol. The number of aliphatic hydroxyl groups excluding tert-OH is 1. The van der Waals surface area contributed by atoms with Gasteiger partial charge in [-0.25, -0.2) is 9.59 Å². The first-order valence-electron chi connectivity index (χ1n) is 14.0. The minimum absolute atomic E-state index is 0.0332. The number of carbonyl (C=O) groups is 2. The van der Waals surface area contributed by atoms with Gasteiger partial charge in [0, 0.05) is 36.8 Å². The molecule has 3 N–H and O–H groups in total. The molecule has 40 heavy (non-hydrogen) atoms. The van der Waals surface area contributed by atoms with Crippen molar-refractivity contribution in [2.75, 3.05) is 0 Å². The average Bonchev–Trinajstić information content (AvgIpc) is 3.10. The van der Waals surface area contributed by atoms with Crippen LogP contribution in [-0.4, -0.2) is 50.2 Å². The number of aromatic hydroxyl groups is 1. The largest absolute Gasteiger partial charge is 0.508 e. The van der Waals surface area contributed by atoms with Crippen LogP contribution in [-0.2, 0) is 25.5 Å². The van der Waals surface area contributed by atoms with Gasteiger partial charge in [-0.1, -0.05) is 26.0 Å². The van der Waals surface area contributed by atoms with E-state index in [4.69, 9.17) is 14.2 Å². The molecule has 4 aliphatic rings. The van der Waals surface area contributed by atoms with E-state index in [-0.39, 0.29) is 41.6 Å². The number of aliphatic hydroxyl groups is 1. The summed E-state index contributed by atoms with van der Waals surface area (Å²) < 4.78 is 18.9. The first kappa shape index (κ1) is 28.3. The van der Waals surface area contributed by atoms with E-state index in [0.717, 1.165) is 23.6 Å². The van der Waals surface area contributed by atoms with Crippen LogP contribution in [0.2, 0.25) is 0 Å². The second kappa shape index (κ2) is 9.40. The van der Waals surface area contributed by atoms with Crippen molar-refractivity contribution < 1.29 is 39.1 Å². The highest BCUT2D eigenvalue weighted by Crippen LogP contribution is 2.54. The third-order valence-corrected chi connectivity index (χ3v) is 9.68. The zero-order valence-electron chi connectivity index (χ0n) is 24.1. The maximum Gasteiger partial charge on any atom is 0.332 e. The van der Waals surface area contributed by atoms with E-state index in [1.54, 1.807) is 19.1 Å². The molecule has 6 atom stereocenters. The minimum Gasteiger partial charge on any atom is -0.508 e. The fraction of sp³-hybridized carbons (Fsp3) is 0.562. The summed E-state index contributed by atoms with van der Waals surface area (Å²) in [6.45, 7) is 11.9. The van der Waals surface area contributed by atoms with Gasteiger partial charge in [0.15, 0.2) is 11.4 Å². The molecule has 6 unspecified atom stereocenters. The van der Waals surface area contributed by atoms with Crippen LogP contribution in [0.4, 0.5) is 0 Å². The number of carboxylic acid groups (broad SMARTS) is 1. The Bertz CT molecular complexity index is 1340. The SMILES string of the molecule is CC1=CC(=O)OC12CC1CC(O)C3(C)Oc4cc(O)cc(C)c4CC3CC(C)(C)C=CCC1(C)OC2=CC(=O)O. The quantitative estimate of drug-likeness (QED) is 0.249. The fourth-order valence-corrected chi connectivity index (χ4v) is 7.22. The first-order chi connectivity index (χ1) is 18.6. The van der Waals surface area contributed by atoms with Crippen molar-refractivity contribution >= 4 is 11.9 Å². The van der Waals surface area contributed by atoms with Crippen LogP contribution in [0.3, 0.4) is 0 Å². The number of esters is 1. The summed E-state index contributed by atoms with van der Waals surface area (Å²) in [5.74, 6) is -1.30. The van der Waals surface area contributed by atoms with Gasteiger partial charge in [-0.2, -0.15) is 0 Å². The maximum atomic E-state index is 12.4. The lowest BCUT2D eigenvalue weighted by Gasteiger charge is -2.52. The summed E-state index contributed by atoms with van der Waals surface area (Å²) in [5, 5.41) is 32.0. The van der Waals surface area contributed by atoms with E-state index in [1.165, 1.54) is 6.08 Å². The van der Waals surface area contributed by atoms with E-state index in [9.17, 15) is 24.9 Å². The average molecular weight is 553 g/mol. The molecule has 8 heteroatoms. The molecule has 0 saturated carbocycles. The van der Waals surface area contributed by atoms with Crippen LogP contribution in [0.1, 0.15) is 71.4 Å². The number of benzene rings is 1. The molecule has 1 aliphatic carbocycles. The van der Waals surface area contributed by atoms with Crippen molar-refractivity contribution in [3.8, 4) is 11.5 Å². The summed E-state index contributed by atoms with van der Waals surface area (Å²) in [6, 6.07) is 3.35. The molecule has 1 fully saturated rings. The lowest BCUT2D eigenvalue weighted by Crippen LogP contribution is -2.58. The summed E-state index contributed by atoms with van der Waals surface area (Å²) in [7, 11) is 0. The predicted octanol–water partition coefficient (Wildman–Crippen LogP) is 5.14. The highest BCUT2D eigenvalue weighted by Gasteiger charge is 2.59. The second-order valence-electron chi connectivity index (χ2n) is 13.2. The highest BCUT2D eigenvalue weighted by atomic mass is 16.6. The molecule has 8 nitrogen and oxygen atoms in total. The zero-order valence-corrected chi connectivity index (χ0v) is 24.1. The maximum absolute atomic E-state index is 12.4. The third kappa shape index (κ3) is 4.70. The van der Waals surface area contributed by atoms with Crippen molar-refractivity contribution in [2.24, 2.45) is 17.3 Å². The van der Waals surface area contributed by atoms with Gasteiger partial charge in [0.2, 0.25) is 0 Å². The van der Waals surface area contributed by atoms with E-state index in [2.05, 4.69) is 26.0 Å². The lowest BCUT2D eigenvalue weighted by molar-refractivity contribution is -0.178. The summed E-state index contributed by atoms with van der Waals surface area (Å²) in [5.41, 5.74) is -0.875. The number of hydrogen-bond acceptors (Lipinski definition) is 7. The van der Waals surface area contributed by atoms with Gasteiger partial charge in [0.25, 0.3) is 0 Å². The van der Waals surface area contributed by atoms with Crippen molar-refractivity contribution in [1.82, 2.24) is 0 Å². The van der Waals surface area contributed by atoms with Crippen LogP contribution in [0.5, 0.6) is 11.5 Å². The molecule has 3 heterocycles. The van der Waals surface area contributed by atoms with Gasteiger partial charge in [-0.05, 0) is 75.1 Å². The molecule has 0 radical (unpaired) electrons. The number of hydrogen-bond donors (Lipinski definition) is 3. The first-order valence-corrected chi connectivity index (χ1v) is 14.0. The molecule has 0 aromatic heterocycles. The van der Waals surface area contributed by atoms with Gasteiger partial charge < -0.3 is 29.5 Å². The molecule has 1 aromatic carbocycles. The second-order valence-corrected chi connectivity index (χ2v) is 13.2. The Morgan fingerprint density at radius 1 is 1.05 bits per heavy atom.